The van der Waals surface area contributed by atoms with Crippen molar-refractivity contribution in [1.82, 2.24) is 4.98 Å². The maximum atomic E-state index is 9.04. The molecule has 0 aliphatic rings. The molecule has 0 N–H and O–H groups in total. The molecule has 0 spiro atoms. The van der Waals surface area contributed by atoms with Gasteiger partial charge in [0.2, 0.25) is 0 Å². The van der Waals surface area contributed by atoms with Crippen LogP contribution in [0.5, 0.6) is 0 Å². The summed E-state index contributed by atoms with van der Waals surface area (Å²) in [6, 6.07) is 21.5. The minimum atomic E-state index is 0.0599. The predicted octanol–water partition coefficient (Wildman–Crippen LogP) is 5.58. The van der Waals surface area contributed by atoms with Gasteiger partial charge < -0.3 is 0 Å². The van der Waals surface area contributed by atoms with Crippen molar-refractivity contribution in [2.24, 2.45) is 0 Å². The van der Waals surface area contributed by atoms with Gasteiger partial charge in [-0.1, -0.05) is 45.9 Å². The van der Waals surface area contributed by atoms with Crippen molar-refractivity contribution in [3.05, 3.63) is 70.2 Å². The Hall–Kier alpha value is -2.60. The van der Waals surface area contributed by atoms with Crippen LogP contribution in [0.1, 0.15) is 5.56 Å². The number of nitriles is 2. The van der Waals surface area contributed by atoms with E-state index >= 15 is 0 Å². The smallest absolute Gasteiger partial charge is 0.130 e. The van der Waals surface area contributed by atoms with E-state index in [1.54, 1.807) is 6.08 Å². The van der Waals surface area contributed by atoms with Gasteiger partial charge >= 0.3 is 0 Å². The Kier molecular flexibility index (Phi) is 4.96. The number of aromatic nitrogens is 1. The van der Waals surface area contributed by atoms with Gasteiger partial charge in [-0.15, -0.1) is 0 Å². The maximum absolute atomic E-state index is 9.04. The standard InChI is InChI=1S/C19H10BrN3S/c20-16-5-7-17(8-6-16)24-19-15(9-13(11-21)12-22)10-14-3-1-2-4-18(14)23-19/h1-10H. The van der Waals surface area contributed by atoms with Gasteiger partial charge in [0.15, 0.2) is 0 Å². The lowest BCUT2D eigenvalue weighted by Gasteiger charge is -2.08. The zero-order valence-electron chi connectivity index (χ0n) is 12.4. The molecule has 3 aromatic rings. The van der Waals surface area contributed by atoms with Crippen molar-refractivity contribution in [1.29, 1.82) is 10.5 Å². The van der Waals surface area contributed by atoms with Gasteiger partial charge in [-0.25, -0.2) is 4.98 Å². The highest BCUT2D eigenvalue weighted by molar-refractivity contribution is 9.10. The molecule has 2 aromatic carbocycles. The molecule has 0 radical (unpaired) electrons. The quantitative estimate of drug-likeness (QED) is 0.546. The molecule has 0 saturated carbocycles. The molecule has 0 aliphatic heterocycles. The van der Waals surface area contributed by atoms with Crippen molar-refractivity contribution in [2.75, 3.05) is 0 Å². The van der Waals surface area contributed by atoms with Crippen LogP contribution >= 0.6 is 27.7 Å². The molecule has 0 aliphatic carbocycles. The van der Waals surface area contributed by atoms with E-state index in [9.17, 15) is 0 Å². The number of pyridine rings is 1. The van der Waals surface area contributed by atoms with Crippen molar-refractivity contribution in [2.45, 2.75) is 9.92 Å². The molecule has 0 saturated heterocycles. The third-order valence-electron chi connectivity index (χ3n) is 3.29. The topological polar surface area (TPSA) is 60.5 Å². The second-order valence-electron chi connectivity index (χ2n) is 4.91. The fourth-order valence-electron chi connectivity index (χ4n) is 2.16. The van der Waals surface area contributed by atoms with Gasteiger partial charge in [0.25, 0.3) is 0 Å². The van der Waals surface area contributed by atoms with Gasteiger partial charge in [-0.3, -0.25) is 0 Å². The first-order chi connectivity index (χ1) is 11.7. The van der Waals surface area contributed by atoms with Crippen LogP contribution in [0, 0.1) is 22.7 Å². The Morgan fingerprint density at radius 2 is 1.75 bits per heavy atom. The van der Waals surface area contributed by atoms with Crippen molar-refractivity contribution in [3.63, 3.8) is 0 Å². The third-order valence-corrected chi connectivity index (χ3v) is 4.84. The summed E-state index contributed by atoms with van der Waals surface area (Å²) in [5.74, 6) is 0. The molecule has 0 amide bonds. The fraction of sp³-hybridized carbons (Fsp3) is 0. The number of benzene rings is 2. The molecule has 1 heterocycles. The molecule has 24 heavy (non-hydrogen) atoms. The first-order valence-corrected chi connectivity index (χ1v) is 8.65. The molecular weight excluding hydrogens is 382 g/mol. The Morgan fingerprint density at radius 1 is 1.04 bits per heavy atom. The van der Waals surface area contributed by atoms with Crippen LogP contribution in [0.2, 0.25) is 0 Å². The highest BCUT2D eigenvalue weighted by Gasteiger charge is 2.09. The number of allylic oxidation sites excluding steroid dienone is 1. The number of hydrogen-bond acceptors (Lipinski definition) is 4. The average molecular weight is 392 g/mol. The zero-order chi connectivity index (χ0) is 16.9. The van der Waals surface area contributed by atoms with Crippen LogP contribution in [0.15, 0.2) is 74.6 Å². The van der Waals surface area contributed by atoms with Crippen LogP contribution in [0.25, 0.3) is 17.0 Å². The summed E-state index contributed by atoms with van der Waals surface area (Å²) in [5.41, 5.74) is 1.70. The van der Waals surface area contributed by atoms with E-state index in [-0.39, 0.29) is 5.57 Å². The molecule has 0 fully saturated rings. The second kappa shape index (κ2) is 7.31. The lowest BCUT2D eigenvalue weighted by Crippen LogP contribution is -1.89. The molecule has 0 bridgehead atoms. The Bertz CT molecular complexity index is 995. The van der Waals surface area contributed by atoms with E-state index in [1.165, 1.54) is 11.8 Å². The van der Waals surface area contributed by atoms with E-state index in [4.69, 9.17) is 15.5 Å². The molecule has 3 nitrogen and oxygen atoms in total. The second-order valence-corrected chi connectivity index (χ2v) is 6.89. The third kappa shape index (κ3) is 3.65. The largest absolute Gasteiger partial charge is 0.240 e. The summed E-state index contributed by atoms with van der Waals surface area (Å²) < 4.78 is 1.01. The fourth-order valence-corrected chi connectivity index (χ4v) is 3.30. The van der Waals surface area contributed by atoms with E-state index in [1.807, 2.05) is 66.7 Å². The summed E-state index contributed by atoms with van der Waals surface area (Å²) >= 11 is 4.93. The molecule has 5 heteroatoms. The highest BCUT2D eigenvalue weighted by atomic mass is 79.9. The number of nitrogens with zero attached hydrogens (tertiary/aromatic N) is 3. The predicted molar refractivity (Wildman–Crippen MR) is 99.2 cm³/mol. The summed E-state index contributed by atoms with van der Waals surface area (Å²) in [6.07, 6.45) is 1.58. The van der Waals surface area contributed by atoms with Crippen LogP contribution in [0.3, 0.4) is 0 Å². The van der Waals surface area contributed by atoms with Crippen molar-refractivity contribution >= 4 is 44.7 Å². The minimum Gasteiger partial charge on any atom is -0.240 e. The number of rotatable bonds is 3. The highest BCUT2D eigenvalue weighted by Crippen LogP contribution is 2.32. The van der Waals surface area contributed by atoms with E-state index in [0.717, 1.165) is 30.9 Å². The van der Waals surface area contributed by atoms with E-state index in [2.05, 4.69) is 15.9 Å². The van der Waals surface area contributed by atoms with Gasteiger partial charge in [-0.05, 0) is 42.5 Å². The molecule has 114 valence electrons. The first-order valence-electron chi connectivity index (χ1n) is 7.05. The van der Waals surface area contributed by atoms with E-state index in [0.29, 0.717) is 0 Å². The number of para-hydroxylation sites is 1. The number of halogens is 1. The molecule has 0 atom stereocenters. The SMILES string of the molecule is N#CC(C#N)=Cc1cc2ccccc2nc1Sc1ccc(Br)cc1. The number of hydrogen-bond donors (Lipinski definition) is 0. The Balaban J connectivity index is 2.13. The monoisotopic (exact) mass is 391 g/mol. The lowest BCUT2D eigenvalue weighted by atomic mass is 10.1. The molecule has 0 unspecified atom stereocenters. The normalized spacial score (nSPS) is 9.96. The van der Waals surface area contributed by atoms with Gasteiger partial charge in [0.05, 0.1) is 5.52 Å². The summed E-state index contributed by atoms with van der Waals surface area (Å²) in [6.45, 7) is 0. The van der Waals surface area contributed by atoms with Gasteiger partial charge in [-0.2, -0.15) is 10.5 Å². The zero-order valence-corrected chi connectivity index (χ0v) is 14.8. The van der Waals surface area contributed by atoms with E-state index < -0.39 is 0 Å². The van der Waals surface area contributed by atoms with Crippen LogP contribution in [-0.4, -0.2) is 4.98 Å². The van der Waals surface area contributed by atoms with Crippen LogP contribution in [-0.2, 0) is 0 Å². The summed E-state index contributed by atoms with van der Waals surface area (Å²) in [5, 5.41) is 19.8. The maximum Gasteiger partial charge on any atom is 0.130 e. The Labute approximate surface area is 152 Å². The van der Waals surface area contributed by atoms with Crippen molar-refractivity contribution < 1.29 is 0 Å². The summed E-state index contributed by atoms with van der Waals surface area (Å²) in [7, 11) is 0. The average Bonchev–Trinajstić information content (AvgIpc) is 2.61. The molecular formula is C19H10BrN3S. The van der Waals surface area contributed by atoms with Gasteiger partial charge in [0, 0.05) is 20.3 Å². The summed E-state index contributed by atoms with van der Waals surface area (Å²) in [4.78, 5) is 5.74. The van der Waals surface area contributed by atoms with Crippen LogP contribution in [0.4, 0.5) is 0 Å². The van der Waals surface area contributed by atoms with Gasteiger partial charge in [0.1, 0.15) is 22.7 Å². The Morgan fingerprint density at radius 3 is 2.46 bits per heavy atom. The minimum absolute atomic E-state index is 0.0599. The lowest BCUT2D eigenvalue weighted by molar-refractivity contribution is 1.17. The van der Waals surface area contributed by atoms with Crippen LogP contribution < -0.4 is 0 Å². The molecule has 3 rings (SSSR count). The molecule has 1 aromatic heterocycles. The number of fused-ring (bicyclic) bond motifs is 1. The van der Waals surface area contributed by atoms with Crippen molar-refractivity contribution in [3.8, 4) is 12.1 Å². The first kappa shape index (κ1) is 16.3.